The number of aromatic nitrogens is 1. The summed E-state index contributed by atoms with van der Waals surface area (Å²) >= 11 is 0. The molecule has 0 unspecified atom stereocenters. The lowest BCUT2D eigenvalue weighted by atomic mass is 10.1. The molecule has 2 heterocycles. The first kappa shape index (κ1) is 15.0. The Bertz CT molecular complexity index is 567. The Balaban J connectivity index is 1.67. The van der Waals surface area contributed by atoms with E-state index in [9.17, 15) is 9.59 Å². The molecule has 1 aromatic heterocycles. The molecule has 22 heavy (non-hydrogen) atoms. The van der Waals surface area contributed by atoms with Crippen LogP contribution in [-0.2, 0) is 9.59 Å². The van der Waals surface area contributed by atoms with E-state index in [1.54, 1.807) is 11.0 Å². The van der Waals surface area contributed by atoms with Crippen LogP contribution < -0.4 is 5.32 Å². The van der Waals surface area contributed by atoms with Gasteiger partial charge in [0.1, 0.15) is 11.9 Å². The maximum absolute atomic E-state index is 12.6. The minimum atomic E-state index is -0.338. The molecule has 1 aromatic rings. The molecule has 3 rings (SSSR count). The molecule has 5 nitrogen and oxygen atoms in total. The summed E-state index contributed by atoms with van der Waals surface area (Å²) < 4.78 is 0. The number of anilines is 1. The average molecular weight is 301 g/mol. The van der Waals surface area contributed by atoms with Gasteiger partial charge in [0.05, 0.1) is 0 Å². The van der Waals surface area contributed by atoms with Crippen LogP contribution in [0.1, 0.15) is 44.2 Å². The van der Waals surface area contributed by atoms with Gasteiger partial charge in [-0.05, 0) is 44.7 Å². The van der Waals surface area contributed by atoms with E-state index in [4.69, 9.17) is 0 Å². The number of hydrogen-bond acceptors (Lipinski definition) is 3. The van der Waals surface area contributed by atoms with Gasteiger partial charge >= 0.3 is 0 Å². The van der Waals surface area contributed by atoms with Crippen molar-refractivity contribution in [3.05, 3.63) is 23.9 Å². The van der Waals surface area contributed by atoms with Gasteiger partial charge in [-0.2, -0.15) is 0 Å². The van der Waals surface area contributed by atoms with E-state index in [0.717, 1.165) is 44.2 Å². The van der Waals surface area contributed by atoms with E-state index >= 15 is 0 Å². The molecular formula is C17H23N3O2. The fraction of sp³-hybridized carbons (Fsp3) is 0.588. The van der Waals surface area contributed by atoms with Gasteiger partial charge in [-0.15, -0.1) is 0 Å². The third-order valence-electron chi connectivity index (χ3n) is 4.68. The van der Waals surface area contributed by atoms with Gasteiger partial charge < -0.3 is 10.2 Å². The fourth-order valence-corrected chi connectivity index (χ4v) is 3.53. The lowest BCUT2D eigenvalue weighted by Gasteiger charge is -2.26. The third-order valence-corrected chi connectivity index (χ3v) is 4.68. The van der Waals surface area contributed by atoms with Crippen LogP contribution in [0.15, 0.2) is 18.2 Å². The predicted molar refractivity (Wildman–Crippen MR) is 84.3 cm³/mol. The SMILES string of the molecule is Cc1cccc(NC(=O)[C@@H]2CCCN2C(=O)C2CCCC2)n1. The zero-order valence-electron chi connectivity index (χ0n) is 13.0. The summed E-state index contributed by atoms with van der Waals surface area (Å²) in [6, 6.07) is 5.20. The first-order chi connectivity index (χ1) is 10.6. The van der Waals surface area contributed by atoms with Crippen molar-refractivity contribution in [3.63, 3.8) is 0 Å². The van der Waals surface area contributed by atoms with Crippen LogP contribution in [0.5, 0.6) is 0 Å². The zero-order valence-corrected chi connectivity index (χ0v) is 13.0. The average Bonchev–Trinajstić information content (AvgIpc) is 3.18. The number of likely N-dealkylation sites (tertiary alicyclic amines) is 1. The molecule has 1 saturated heterocycles. The van der Waals surface area contributed by atoms with Crippen molar-refractivity contribution >= 4 is 17.6 Å². The predicted octanol–water partition coefficient (Wildman–Crippen LogP) is 2.51. The second-order valence-electron chi connectivity index (χ2n) is 6.32. The van der Waals surface area contributed by atoms with Crippen LogP contribution >= 0.6 is 0 Å². The van der Waals surface area contributed by atoms with Crippen molar-refractivity contribution < 1.29 is 9.59 Å². The van der Waals surface area contributed by atoms with Gasteiger partial charge in [0.15, 0.2) is 0 Å². The van der Waals surface area contributed by atoms with Crippen LogP contribution in [-0.4, -0.2) is 34.3 Å². The number of carbonyl (C=O) groups excluding carboxylic acids is 2. The summed E-state index contributed by atoms with van der Waals surface area (Å²) in [6.07, 6.45) is 5.86. The van der Waals surface area contributed by atoms with Gasteiger partial charge in [0.25, 0.3) is 0 Å². The van der Waals surface area contributed by atoms with Gasteiger partial charge in [0.2, 0.25) is 11.8 Å². The first-order valence-electron chi connectivity index (χ1n) is 8.20. The highest BCUT2D eigenvalue weighted by Crippen LogP contribution is 2.30. The number of pyridine rings is 1. The number of rotatable bonds is 3. The van der Waals surface area contributed by atoms with E-state index in [1.807, 2.05) is 19.1 Å². The molecule has 2 fully saturated rings. The molecule has 0 radical (unpaired) electrons. The first-order valence-corrected chi connectivity index (χ1v) is 8.20. The quantitative estimate of drug-likeness (QED) is 0.933. The Morgan fingerprint density at radius 2 is 1.95 bits per heavy atom. The van der Waals surface area contributed by atoms with E-state index in [1.165, 1.54) is 0 Å². The summed E-state index contributed by atoms with van der Waals surface area (Å²) in [5.41, 5.74) is 0.864. The topological polar surface area (TPSA) is 62.3 Å². The summed E-state index contributed by atoms with van der Waals surface area (Å²) in [5, 5.41) is 2.86. The molecule has 1 aliphatic carbocycles. The third kappa shape index (κ3) is 3.13. The van der Waals surface area contributed by atoms with Crippen LogP contribution in [0.2, 0.25) is 0 Å². The molecule has 5 heteroatoms. The number of nitrogens with one attached hydrogen (secondary N) is 1. The highest BCUT2D eigenvalue weighted by molar-refractivity contribution is 5.97. The van der Waals surface area contributed by atoms with Crippen LogP contribution in [0, 0.1) is 12.8 Å². The Morgan fingerprint density at radius 3 is 2.68 bits per heavy atom. The number of aryl methyl sites for hydroxylation is 1. The van der Waals surface area contributed by atoms with Crippen molar-refractivity contribution in [2.45, 2.75) is 51.5 Å². The minimum Gasteiger partial charge on any atom is -0.330 e. The smallest absolute Gasteiger partial charge is 0.248 e. The summed E-state index contributed by atoms with van der Waals surface area (Å²) in [4.78, 5) is 31.2. The summed E-state index contributed by atoms with van der Waals surface area (Å²) in [6.45, 7) is 2.59. The number of carbonyl (C=O) groups is 2. The van der Waals surface area contributed by atoms with Crippen molar-refractivity contribution in [1.82, 2.24) is 9.88 Å². The maximum atomic E-state index is 12.6. The van der Waals surface area contributed by atoms with Gasteiger partial charge in [-0.1, -0.05) is 18.9 Å². The molecule has 0 spiro atoms. The van der Waals surface area contributed by atoms with E-state index in [0.29, 0.717) is 12.4 Å². The molecule has 118 valence electrons. The van der Waals surface area contributed by atoms with Crippen LogP contribution in [0.4, 0.5) is 5.82 Å². The second-order valence-corrected chi connectivity index (χ2v) is 6.32. The van der Waals surface area contributed by atoms with Gasteiger partial charge in [-0.25, -0.2) is 4.98 Å². The van der Waals surface area contributed by atoms with Crippen molar-refractivity contribution in [3.8, 4) is 0 Å². The molecule has 0 bridgehead atoms. The monoisotopic (exact) mass is 301 g/mol. The van der Waals surface area contributed by atoms with Crippen molar-refractivity contribution in [2.75, 3.05) is 11.9 Å². The standard InChI is InChI=1S/C17H23N3O2/c1-12-6-4-10-15(18-12)19-16(21)14-9-5-11-20(14)17(22)13-7-2-3-8-13/h4,6,10,13-14H,2-3,5,7-9,11H2,1H3,(H,18,19,21)/t14-/m0/s1. The van der Waals surface area contributed by atoms with Crippen LogP contribution in [0.3, 0.4) is 0 Å². The molecule has 0 aromatic carbocycles. The van der Waals surface area contributed by atoms with E-state index in [2.05, 4.69) is 10.3 Å². The molecule has 1 N–H and O–H groups in total. The molecule has 2 amide bonds. The van der Waals surface area contributed by atoms with E-state index < -0.39 is 0 Å². The molecule has 1 atom stereocenters. The Kier molecular flexibility index (Phi) is 4.41. The molecule has 1 aliphatic heterocycles. The lowest BCUT2D eigenvalue weighted by molar-refractivity contribution is -0.140. The Hall–Kier alpha value is -1.91. The number of amides is 2. The minimum absolute atomic E-state index is 0.109. The Morgan fingerprint density at radius 1 is 1.18 bits per heavy atom. The maximum Gasteiger partial charge on any atom is 0.248 e. The summed E-state index contributed by atoms with van der Waals surface area (Å²) in [5.74, 6) is 0.755. The van der Waals surface area contributed by atoms with Crippen molar-refractivity contribution in [1.29, 1.82) is 0 Å². The fourth-order valence-electron chi connectivity index (χ4n) is 3.53. The second kappa shape index (κ2) is 6.46. The molecule has 1 saturated carbocycles. The Labute approximate surface area is 131 Å². The molecule has 2 aliphatic rings. The van der Waals surface area contributed by atoms with Crippen molar-refractivity contribution in [2.24, 2.45) is 5.92 Å². The zero-order chi connectivity index (χ0) is 15.5. The van der Waals surface area contributed by atoms with E-state index in [-0.39, 0.29) is 23.8 Å². The largest absolute Gasteiger partial charge is 0.330 e. The molecular weight excluding hydrogens is 278 g/mol. The number of nitrogens with zero attached hydrogens (tertiary/aromatic N) is 2. The summed E-state index contributed by atoms with van der Waals surface area (Å²) in [7, 11) is 0. The normalized spacial score (nSPS) is 22.0. The number of hydrogen-bond donors (Lipinski definition) is 1. The highest BCUT2D eigenvalue weighted by atomic mass is 16.2. The van der Waals surface area contributed by atoms with Gasteiger partial charge in [0, 0.05) is 18.2 Å². The van der Waals surface area contributed by atoms with Gasteiger partial charge in [-0.3, -0.25) is 9.59 Å². The highest BCUT2D eigenvalue weighted by Gasteiger charge is 2.37. The lowest BCUT2D eigenvalue weighted by Crippen LogP contribution is -2.45. The van der Waals surface area contributed by atoms with Crippen LogP contribution in [0.25, 0.3) is 0 Å².